The Morgan fingerprint density at radius 3 is 2.82 bits per heavy atom. The number of aromatic hydroxyl groups is 1. The molecule has 4 rings (SSSR count). The summed E-state index contributed by atoms with van der Waals surface area (Å²) in [5.74, 6) is -0.582. The Morgan fingerprint density at radius 2 is 2.04 bits per heavy atom. The maximum Gasteiger partial charge on any atom is 0.303 e. The molecule has 0 unspecified atom stereocenters. The minimum atomic E-state index is -0.706. The molecule has 0 saturated heterocycles. The van der Waals surface area contributed by atoms with E-state index in [0.29, 0.717) is 12.1 Å². The van der Waals surface area contributed by atoms with E-state index in [0.717, 1.165) is 63.4 Å². The minimum absolute atomic E-state index is 0.123. The highest BCUT2D eigenvalue weighted by Gasteiger charge is 2.29. The standard InChI is InChI=1S/C22H29N3O3/c26-20(27)6-1-2-12-23-16-7-9-17(10-8-16)25-13-11-15-14-24-22(28)18-4-3-5-19(25)21(15)18/h3-5,14,16-17,23H,1-2,6-13H2,(H,24,28)(H,26,27). The van der Waals surface area contributed by atoms with Crippen LogP contribution in [-0.2, 0) is 11.2 Å². The van der Waals surface area contributed by atoms with Crippen molar-refractivity contribution in [3.8, 4) is 5.88 Å². The molecule has 0 amide bonds. The number of anilines is 1. The SMILES string of the molecule is O=C(O)CCCCNC1CCC(N2CCc3cnc(O)c4cccc2c34)CC1. The molecular weight excluding hydrogens is 354 g/mol. The Hall–Kier alpha value is -2.34. The summed E-state index contributed by atoms with van der Waals surface area (Å²) >= 11 is 0. The van der Waals surface area contributed by atoms with Crippen LogP contribution in [0.3, 0.4) is 0 Å². The van der Waals surface area contributed by atoms with Gasteiger partial charge < -0.3 is 20.4 Å². The summed E-state index contributed by atoms with van der Waals surface area (Å²) in [4.78, 5) is 17.3. The molecule has 1 fully saturated rings. The summed E-state index contributed by atoms with van der Waals surface area (Å²) in [5, 5.41) is 24.5. The first kappa shape index (κ1) is 19.0. The van der Waals surface area contributed by atoms with Gasteiger partial charge in [0.25, 0.3) is 0 Å². The molecule has 2 heterocycles. The second-order valence-electron chi connectivity index (χ2n) is 8.06. The highest BCUT2D eigenvalue weighted by molar-refractivity contribution is 6.00. The average Bonchev–Trinajstić information content (AvgIpc) is 2.71. The molecule has 3 N–H and O–H groups in total. The van der Waals surface area contributed by atoms with Crippen LogP contribution in [0, 0.1) is 0 Å². The summed E-state index contributed by atoms with van der Waals surface area (Å²) in [6.07, 6.45) is 9.37. The number of unbranched alkanes of at least 4 members (excludes halogenated alkanes) is 1. The van der Waals surface area contributed by atoms with E-state index in [4.69, 9.17) is 5.11 Å². The molecule has 150 valence electrons. The Bertz CT molecular complexity index is 846. The minimum Gasteiger partial charge on any atom is -0.493 e. The third kappa shape index (κ3) is 3.92. The monoisotopic (exact) mass is 383 g/mol. The fourth-order valence-corrected chi connectivity index (χ4v) is 4.81. The average molecular weight is 383 g/mol. The molecule has 1 aliphatic heterocycles. The van der Waals surface area contributed by atoms with E-state index in [1.807, 2.05) is 18.3 Å². The zero-order chi connectivity index (χ0) is 19.5. The topological polar surface area (TPSA) is 85.7 Å². The lowest BCUT2D eigenvalue weighted by Gasteiger charge is -2.41. The summed E-state index contributed by atoms with van der Waals surface area (Å²) in [6.45, 7) is 1.92. The summed E-state index contributed by atoms with van der Waals surface area (Å²) in [6, 6.07) is 7.24. The molecule has 1 aliphatic carbocycles. The molecule has 0 atom stereocenters. The zero-order valence-corrected chi connectivity index (χ0v) is 16.2. The van der Waals surface area contributed by atoms with Crippen molar-refractivity contribution >= 4 is 22.4 Å². The first-order valence-corrected chi connectivity index (χ1v) is 10.4. The van der Waals surface area contributed by atoms with Crippen LogP contribution >= 0.6 is 0 Å². The smallest absolute Gasteiger partial charge is 0.303 e. The van der Waals surface area contributed by atoms with Crippen LogP contribution in [0.25, 0.3) is 10.8 Å². The largest absolute Gasteiger partial charge is 0.493 e. The maximum atomic E-state index is 10.6. The fourth-order valence-electron chi connectivity index (χ4n) is 4.81. The Morgan fingerprint density at radius 1 is 1.21 bits per heavy atom. The number of hydrogen-bond acceptors (Lipinski definition) is 5. The second kappa shape index (κ2) is 8.35. The van der Waals surface area contributed by atoms with Gasteiger partial charge in [0, 0.05) is 47.7 Å². The number of benzene rings is 1. The number of rotatable bonds is 7. The fraction of sp³-hybridized carbons (Fsp3) is 0.545. The Kier molecular flexibility index (Phi) is 5.67. The Balaban J connectivity index is 1.36. The van der Waals surface area contributed by atoms with Crippen molar-refractivity contribution in [2.45, 2.75) is 63.5 Å². The van der Waals surface area contributed by atoms with Crippen molar-refractivity contribution in [1.29, 1.82) is 0 Å². The highest BCUT2D eigenvalue weighted by atomic mass is 16.4. The van der Waals surface area contributed by atoms with E-state index >= 15 is 0 Å². The van der Waals surface area contributed by atoms with Gasteiger partial charge in [0.2, 0.25) is 5.88 Å². The Labute approximate surface area is 165 Å². The van der Waals surface area contributed by atoms with Crippen LogP contribution in [0.15, 0.2) is 24.4 Å². The van der Waals surface area contributed by atoms with Crippen LogP contribution in [0.1, 0.15) is 50.5 Å². The first-order chi connectivity index (χ1) is 13.6. The lowest BCUT2D eigenvalue weighted by atomic mass is 9.87. The number of carboxylic acids is 1. The van der Waals surface area contributed by atoms with E-state index in [1.165, 1.54) is 16.6 Å². The van der Waals surface area contributed by atoms with Gasteiger partial charge in [0.1, 0.15) is 0 Å². The van der Waals surface area contributed by atoms with Gasteiger partial charge in [-0.15, -0.1) is 0 Å². The lowest BCUT2D eigenvalue weighted by molar-refractivity contribution is -0.137. The summed E-state index contributed by atoms with van der Waals surface area (Å²) in [5.41, 5.74) is 2.47. The van der Waals surface area contributed by atoms with Gasteiger partial charge in [0.05, 0.1) is 0 Å². The predicted octanol–water partition coefficient (Wildman–Crippen LogP) is 3.46. The van der Waals surface area contributed by atoms with Crippen molar-refractivity contribution in [3.63, 3.8) is 0 Å². The maximum absolute atomic E-state index is 10.6. The van der Waals surface area contributed by atoms with Crippen molar-refractivity contribution in [2.75, 3.05) is 18.0 Å². The second-order valence-corrected chi connectivity index (χ2v) is 8.06. The van der Waals surface area contributed by atoms with E-state index in [-0.39, 0.29) is 12.3 Å². The highest BCUT2D eigenvalue weighted by Crippen LogP contribution is 2.39. The predicted molar refractivity (Wildman–Crippen MR) is 110 cm³/mol. The molecule has 2 aromatic rings. The molecule has 6 heteroatoms. The molecule has 1 aromatic carbocycles. The van der Waals surface area contributed by atoms with Crippen LogP contribution in [0.5, 0.6) is 5.88 Å². The number of nitrogens with one attached hydrogen (secondary N) is 1. The van der Waals surface area contributed by atoms with Gasteiger partial charge in [-0.2, -0.15) is 0 Å². The number of nitrogens with zero attached hydrogens (tertiary/aromatic N) is 2. The molecule has 1 aromatic heterocycles. The molecule has 2 aliphatic rings. The molecular formula is C22H29N3O3. The van der Waals surface area contributed by atoms with Crippen molar-refractivity contribution < 1.29 is 15.0 Å². The summed E-state index contributed by atoms with van der Waals surface area (Å²) in [7, 11) is 0. The van der Waals surface area contributed by atoms with Crippen LogP contribution in [-0.4, -0.2) is 46.3 Å². The van der Waals surface area contributed by atoms with Gasteiger partial charge in [-0.25, -0.2) is 4.98 Å². The van der Waals surface area contributed by atoms with Gasteiger partial charge in [-0.05, 0) is 69.2 Å². The third-order valence-corrected chi connectivity index (χ3v) is 6.27. The molecule has 0 radical (unpaired) electrons. The van der Waals surface area contributed by atoms with Gasteiger partial charge >= 0.3 is 5.97 Å². The normalized spacial score (nSPS) is 21.8. The molecule has 6 nitrogen and oxygen atoms in total. The zero-order valence-electron chi connectivity index (χ0n) is 16.2. The van der Waals surface area contributed by atoms with E-state index in [9.17, 15) is 9.90 Å². The number of hydrogen-bond donors (Lipinski definition) is 3. The van der Waals surface area contributed by atoms with Gasteiger partial charge in [0.15, 0.2) is 0 Å². The van der Waals surface area contributed by atoms with E-state index < -0.39 is 5.97 Å². The number of aromatic nitrogens is 1. The number of carboxylic acid groups (broad SMARTS) is 1. The first-order valence-electron chi connectivity index (χ1n) is 10.4. The lowest BCUT2D eigenvalue weighted by Crippen LogP contribution is -2.44. The summed E-state index contributed by atoms with van der Waals surface area (Å²) < 4.78 is 0. The van der Waals surface area contributed by atoms with E-state index in [2.05, 4.69) is 21.3 Å². The number of aliphatic carboxylic acids is 1. The van der Waals surface area contributed by atoms with Gasteiger partial charge in [-0.3, -0.25) is 4.79 Å². The molecule has 1 saturated carbocycles. The molecule has 0 spiro atoms. The van der Waals surface area contributed by atoms with Crippen molar-refractivity contribution in [3.05, 3.63) is 30.0 Å². The van der Waals surface area contributed by atoms with Crippen molar-refractivity contribution in [2.24, 2.45) is 0 Å². The van der Waals surface area contributed by atoms with Crippen LogP contribution in [0.4, 0.5) is 5.69 Å². The van der Waals surface area contributed by atoms with Crippen molar-refractivity contribution in [1.82, 2.24) is 10.3 Å². The van der Waals surface area contributed by atoms with Gasteiger partial charge in [-0.1, -0.05) is 6.07 Å². The number of carbonyl (C=O) groups is 1. The number of pyridine rings is 1. The quantitative estimate of drug-likeness (QED) is 0.635. The molecule has 0 bridgehead atoms. The van der Waals surface area contributed by atoms with E-state index in [1.54, 1.807) is 0 Å². The molecule has 28 heavy (non-hydrogen) atoms. The third-order valence-electron chi connectivity index (χ3n) is 6.27. The van der Waals surface area contributed by atoms with Crippen LogP contribution < -0.4 is 10.2 Å². The van der Waals surface area contributed by atoms with Crippen LogP contribution in [0.2, 0.25) is 0 Å².